The number of rotatable bonds is 9. The molecule has 1 aromatic carbocycles. The van der Waals surface area contributed by atoms with Crippen molar-refractivity contribution < 1.29 is 30.8 Å². The highest BCUT2D eigenvalue weighted by molar-refractivity contribution is 7.81. The zero-order chi connectivity index (χ0) is 21.6. The molecular weight excluding hydrogens is 407 g/mol. The van der Waals surface area contributed by atoms with E-state index in [0.717, 1.165) is 18.2 Å². The second kappa shape index (κ2) is 9.31. The number of aromatic nitrogens is 1. The quantitative estimate of drug-likeness (QED) is 0.338. The first-order valence-corrected chi connectivity index (χ1v) is 9.51. The average Bonchev–Trinajstić information content (AvgIpc) is 2.68. The number of ether oxygens (including phenoxy) is 2. The molecule has 0 atom stereocenters. The number of nitrogens with zero attached hydrogens (tertiary/aromatic N) is 2. The minimum atomic E-state index is -5.39. The third-order valence-corrected chi connectivity index (χ3v) is 4.22. The van der Waals surface area contributed by atoms with Gasteiger partial charge in [0.2, 0.25) is 0 Å². The Bertz CT molecular complexity index is 1120. The van der Waals surface area contributed by atoms with E-state index in [1.54, 1.807) is 6.07 Å². The molecule has 0 N–H and O–H groups in total. The molecule has 0 fully saturated rings. The monoisotopic (exact) mass is 424 g/mol. The molecule has 11 heteroatoms. The highest BCUT2D eigenvalue weighted by Crippen LogP contribution is 2.28. The van der Waals surface area contributed by atoms with E-state index >= 15 is 0 Å². The van der Waals surface area contributed by atoms with Crippen molar-refractivity contribution in [2.24, 2.45) is 0 Å². The van der Waals surface area contributed by atoms with Gasteiger partial charge in [-0.15, -0.1) is 0 Å². The second-order valence-electron chi connectivity index (χ2n) is 5.77. The van der Waals surface area contributed by atoms with Gasteiger partial charge in [0.1, 0.15) is 17.4 Å². The van der Waals surface area contributed by atoms with Crippen LogP contribution >= 0.6 is 0 Å². The van der Waals surface area contributed by atoms with Gasteiger partial charge in [-0.3, -0.25) is 9.59 Å². The topological polar surface area (TPSA) is 125 Å². The van der Waals surface area contributed by atoms with E-state index in [0.29, 0.717) is 13.0 Å². The maximum absolute atomic E-state index is 13.0. The zero-order valence-electron chi connectivity index (χ0n) is 15.5. The summed E-state index contributed by atoms with van der Waals surface area (Å²) in [6.07, 6.45) is 1.68. The highest BCUT2D eigenvalue weighted by Gasteiger charge is 2.22. The van der Waals surface area contributed by atoms with Crippen LogP contribution in [0.5, 0.6) is 11.5 Å². The van der Waals surface area contributed by atoms with E-state index in [1.807, 2.05) is 0 Å². The third kappa shape index (κ3) is 5.63. The first-order chi connectivity index (χ1) is 13.7. The largest absolute Gasteiger partial charge is 0.497 e. The molecule has 0 aliphatic carbocycles. The highest BCUT2D eigenvalue weighted by atomic mass is 32.3. The molecular formula is C18H17FN2O7S. The van der Waals surface area contributed by atoms with Crippen molar-refractivity contribution in [3.63, 3.8) is 0 Å². The number of halogens is 1. The Hall–Kier alpha value is -3.23. The number of hydrogen-bond donors (Lipinski definition) is 0. The van der Waals surface area contributed by atoms with Crippen LogP contribution in [-0.2, 0) is 21.8 Å². The van der Waals surface area contributed by atoms with E-state index in [-0.39, 0.29) is 29.0 Å². The van der Waals surface area contributed by atoms with Gasteiger partial charge in [0, 0.05) is 32.0 Å². The number of hydrogen-bond acceptors (Lipinski definition) is 8. The van der Waals surface area contributed by atoms with Crippen molar-refractivity contribution in [3.05, 3.63) is 57.5 Å². The Labute approximate surface area is 166 Å². The van der Waals surface area contributed by atoms with Crippen LogP contribution in [0.1, 0.15) is 27.9 Å². The van der Waals surface area contributed by atoms with Gasteiger partial charge in [0.15, 0.2) is 11.5 Å². The number of benzene rings is 1. The van der Waals surface area contributed by atoms with Crippen LogP contribution in [0.15, 0.2) is 35.3 Å². The molecule has 2 aromatic rings. The molecule has 0 unspecified atom stereocenters. The summed E-state index contributed by atoms with van der Waals surface area (Å²) in [5.41, 5.74) is -1.28. The van der Waals surface area contributed by atoms with Gasteiger partial charge < -0.3 is 18.2 Å². The van der Waals surface area contributed by atoms with E-state index in [1.165, 1.54) is 31.0 Å². The Morgan fingerprint density at radius 1 is 1.28 bits per heavy atom. The lowest BCUT2D eigenvalue weighted by atomic mass is 10.0. The van der Waals surface area contributed by atoms with Gasteiger partial charge in [-0.25, -0.2) is 0 Å². The lowest BCUT2D eigenvalue weighted by molar-refractivity contribution is 0.103. The number of ketones is 1. The summed E-state index contributed by atoms with van der Waals surface area (Å²) in [6.45, 7) is 0.539. The summed E-state index contributed by atoms with van der Waals surface area (Å²) in [7, 11) is -2.58. The molecule has 0 saturated heterocycles. The smallest absolute Gasteiger partial charge is 0.488 e. The number of pyridine rings is 1. The van der Waals surface area contributed by atoms with Crippen molar-refractivity contribution in [2.45, 2.75) is 13.0 Å². The fourth-order valence-electron chi connectivity index (χ4n) is 2.53. The number of nitriles is 1. The van der Waals surface area contributed by atoms with Crippen LogP contribution in [0, 0.1) is 11.3 Å². The van der Waals surface area contributed by atoms with Crippen molar-refractivity contribution in [1.29, 1.82) is 5.26 Å². The van der Waals surface area contributed by atoms with Crippen LogP contribution < -0.4 is 14.5 Å². The molecule has 9 nitrogen and oxygen atoms in total. The first kappa shape index (κ1) is 22.1. The minimum absolute atomic E-state index is 0.0899. The molecule has 0 bridgehead atoms. The Morgan fingerprint density at radius 2 is 2.00 bits per heavy atom. The van der Waals surface area contributed by atoms with Gasteiger partial charge in [-0.05, 0) is 30.7 Å². The van der Waals surface area contributed by atoms with Crippen molar-refractivity contribution in [2.75, 3.05) is 20.8 Å². The third-order valence-electron chi connectivity index (χ3n) is 3.84. The molecule has 1 aromatic heterocycles. The predicted octanol–water partition coefficient (Wildman–Crippen LogP) is 1.59. The summed E-state index contributed by atoms with van der Waals surface area (Å²) >= 11 is 0. The molecule has 0 aliphatic rings. The molecule has 0 amide bonds. The van der Waals surface area contributed by atoms with E-state index in [4.69, 9.17) is 9.47 Å². The number of methoxy groups -OCH3 is 2. The zero-order valence-corrected chi connectivity index (χ0v) is 16.4. The number of aryl methyl sites for hydroxylation is 1. The van der Waals surface area contributed by atoms with Gasteiger partial charge >= 0.3 is 10.5 Å². The lowest BCUT2D eigenvalue weighted by Crippen LogP contribution is -2.24. The summed E-state index contributed by atoms with van der Waals surface area (Å²) in [6, 6.07) is 6.30. The fourth-order valence-corrected chi connectivity index (χ4v) is 2.89. The molecule has 0 aliphatic heterocycles. The van der Waals surface area contributed by atoms with Gasteiger partial charge in [0.05, 0.1) is 12.7 Å². The van der Waals surface area contributed by atoms with E-state index < -0.39 is 27.6 Å². The second-order valence-corrected chi connectivity index (χ2v) is 6.72. The van der Waals surface area contributed by atoms with Crippen LogP contribution in [0.25, 0.3) is 0 Å². The van der Waals surface area contributed by atoms with Crippen molar-refractivity contribution >= 4 is 16.3 Å². The molecule has 29 heavy (non-hydrogen) atoms. The molecule has 0 radical (unpaired) electrons. The van der Waals surface area contributed by atoms with Gasteiger partial charge in [-0.2, -0.15) is 13.7 Å². The summed E-state index contributed by atoms with van der Waals surface area (Å²) in [5.74, 6) is -1.17. The fraction of sp³-hybridized carbons (Fsp3) is 0.278. The SMILES string of the molecule is COCCCn1cc(C(=O)c2cc(OC)ccc2OS(=O)(=O)F)cc(C#N)c1=O. The van der Waals surface area contributed by atoms with Gasteiger partial charge in [-0.1, -0.05) is 3.89 Å². The number of carbonyl (C=O) groups excluding carboxylic acids is 1. The Kier molecular flexibility index (Phi) is 7.08. The number of carbonyl (C=O) groups is 1. The maximum atomic E-state index is 13.0. The molecule has 2 rings (SSSR count). The predicted molar refractivity (Wildman–Crippen MR) is 99.0 cm³/mol. The maximum Gasteiger partial charge on any atom is 0.488 e. The van der Waals surface area contributed by atoms with Crippen LogP contribution in [0.3, 0.4) is 0 Å². The first-order valence-electron chi connectivity index (χ1n) is 8.20. The van der Waals surface area contributed by atoms with Gasteiger partial charge in [0.25, 0.3) is 5.56 Å². The standard InChI is InChI=1S/C18H17FN2O7S/c1-26-7-3-6-21-11-13(8-12(10-20)18(21)23)17(22)15-9-14(27-2)4-5-16(15)28-29(19,24)25/h4-5,8-9,11H,3,6-7H2,1-2H3. The molecule has 154 valence electrons. The van der Waals surface area contributed by atoms with Crippen molar-refractivity contribution in [3.8, 4) is 17.6 Å². The van der Waals surface area contributed by atoms with Crippen molar-refractivity contribution in [1.82, 2.24) is 4.57 Å². The minimum Gasteiger partial charge on any atom is -0.497 e. The summed E-state index contributed by atoms with van der Waals surface area (Å²) in [4.78, 5) is 25.3. The van der Waals surface area contributed by atoms with Crippen LogP contribution in [-0.4, -0.2) is 39.6 Å². The molecule has 0 saturated carbocycles. The Morgan fingerprint density at radius 3 is 2.59 bits per heavy atom. The molecule has 1 heterocycles. The normalized spacial score (nSPS) is 11.0. The Balaban J connectivity index is 2.57. The molecule has 0 spiro atoms. The van der Waals surface area contributed by atoms with Crippen LogP contribution in [0.4, 0.5) is 3.89 Å². The summed E-state index contributed by atoms with van der Waals surface area (Å²) < 4.78 is 50.1. The average molecular weight is 424 g/mol. The lowest BCUT2D eigenvalue weighted by Gasteiger charge is -2.12. The van der Waals surface area contributed by atoms with E-state index in [9.17, 15) is 27.2 Å². The van der Waals surface area contributed by atoms with Crippen LogP contribution in [0.2, 0.25) is 0 Å². The summed E-state index contributed by atoms with van der Waals surface area (Å²) in [5, 5.41) is 9.21. The van der Waals surface area contributed by atoms with E-state index in [2.05, 4.69) is 4.18 Å².